The maximum atomic E-state index is 10.9. The summed E-state index contributed by atoms with van der Waals surface area (Å²) in [5, 5.41) is 0.669. The summed E-state index contributed by atoms with van der Waals surface area (Å²) in [6.45, 7) is 1.54. The second-order valence-corrected chi connectivity index (χ2v) is 4.09. The topological polar surface area (TPSA) is 30.2 Å². The number of carbonyl (C=O) groups excluding carboxylic acids is 1. The van der Waals surface area contributed by atoms with Gasteiger partial charge in [0, 0.05) is 10.6 Å². The van der Waals surface area contributed by atoms with Gasteiger partial charge < -0.3 is 4.42 Å². The number of hydrogen-bond donors (Lipinski definition) is 0. The lowest BCUT2D eigenvalue weighted by Gasteiger charge is -1.97. The standard InChI is InChI=1S/C13H11ClO2/c1-9(15)7-12-5-6-13(16-12)10-3-2-4-11(14)8-10/h2-6,8H,7H2,1H3. The molecule has 0 amide bonds. The maximum Gasteiger partial charge on any atom is 0.137 e. The van der Waals surface area contributed by atoms with Gasteiger partial charge in [-0.3, -0.25) is 4.79 Å². The van der Waals surface area contributed by atoms with Gasteiger partial charge in [0.05, 0.1) is 6.42 Å². The first kappa shape index (κ1) is 11.0. The number of benzene rings is 1. The molecule has 0 aliphatic carbocycles. The molecule has 1 aromatic carbocycles. The highest BCUT2D eigenvalue weighted by Crippen LogP contribution is 2.24. The van der Waals surface area contributed by atoms with Gasteiger partial charge in [0.2, 0.25) is 0 Å². The number of Topliss-reactive ketones (excluding diaryl/α,β-unsaturated/α-hetero) is 1. The second kappa shape index (κ2) is 4.54. The molecule has 2 nitrogen and oxygen atoms in total. The second-order valence-electron chi connectivity index (χ2n) is 3.66. The van der Waals surface area contributed by atoms with Crippen molar-refractivity contribution >= 4 is 17.4 Å². The summed E-state index contributed by atoms with van der Waals surface area (Å²) in [5.74, 6) is 1.51. The predicted molar refractivity (Wildman–Crippen MR) is 63.5 cm³/mol. The van der Waals surface area contributed by atoms with Crippen LogP contribution in [0.2, 0.25) is 5.02 Å². The van der Waals surface area contributed by atoms with Crippen LogP contribution in [0.3, 0.4) is 0 Å². The monoisotopic (exact) mass is 234 g/mol. The number of halogens is 1. The normalized spacial score (nSPS) is 10.4. The van der Waals surface area contributed by atoms with Crippen molar-refractivity contribution in [1.82, 2.24) is 0 Å². The Labute approximate surface area is 98.8 Å². The van der Waals surface area contributed by atoms with Crippen LogP contribution in [0.4, 0.5) is 0 Å². The first-order chi connectivity index (χ1) is 7.65. The van der Waals surface area contributed by atoms with Gasteiger partial charge in [0.1, 0.15) is 17.3 Å². The summed E-state index contributed by atoms with van der Waals surface area (Å²) in [6, 6.07) is 11.1. The van der Waals surface area contributed by atoms with E-state index in [1.807, 2.05) is 36.4 Å². The molecule has 0 spiro atoms. The van der Waals surface area contributed by atoms with Gasteiger partial charge in [0.15, 0.2) is 0 Å². The van der Waals surface area contributed by atoms with Gasteiger partial charge in [0.25, 0.3) is 0 Å². The molecule has 0 bridgehead atoms. The van der Waals surface area contributed by atoms with E-state index in [2.05, 4.69) is 0 Å². The average molecular weight is 235 g/mol. The highest BCUT2D eigenvalue weighted by molar-refractivity contribution is 6.30. The fraction of sp³-hybridized carbons (Fsp3) is 0.154. The van der Waals surface area contributed by atoms with Crippen molar-refractivity contribution in [2.24, 2.45) is 0 Å². The molecule has 3 heteroatoms. The molecule has 2 aromatic rings. The Morgan fingerprint density at radius 1 is 1.31 bits per heavy atom. The molecule has 0 aliphatic heterocycles. The lowest BCUT2D eigenvalue weighted by molar-refractivity contribution is -0.116. The first-order valence-electron chi connectivity index (χ1n) is 4.99. The van der Waals surface area contributed by atoms with Crippen LogP contribution in [0, 0.1) is 0 Å². The SMILES string of the molecule is CC(=O)Cc1ccc(-c2cccc(Cl)c2)o1. The number of hydrogen-bond acceptors (Lipinski definition) is 2. The minimum atomic E-state index is 0.0898. The molecule has 0 fully saturated rings. The molecular formula is C13H11ClO2. The van der Waals surface area contributed by atoms with Gasteiger partial charge in [-0.15, -0.1) is 0 Å². The summed E-state index contributed by atoms with van der Waals surface area (Å²) in [4.78, 5) is 10.9. The van der Waals surface area contributed by atoms with Gasteiger partial charge in [-0.05, 0) is 31.2 Å². The van der Waals surface area contributed by atoms with Crippen molar-refractivity contribution in [3.8, 4) is 11.3 Å². The molecule has 2 rings (SSSR count). The Bertz CT molecular complexity index is 514. The van der Waals surface area contributed by atoms with Crippen molar-refractivity contribution in [2.75, 3.05) is 0 Å². The first-order valence-corrected chi connectivity index (χ1v) is 5.37. The number of ketones is 1. The third-order valence-electron chi connectivity index (χ3n) is 2.19. The van der Waals surface area contributed by atoms with Crippen molar-refractivity contribution in [2.45, 2.75) is 13.3 Å². The smallest absolute Gasteiger partial charge is 0.137 e. The van der Waals surface area contributed by atoms with E-state index in [1.54, 1.807) is 6.92 Å². The molecule has 0 unspecified atom stereocenters. The average Bonchev–Trinajstić information content (AvgIpc) is 2.65. The van der Waals surface area contributed by atoms with Crippen molar-refractivity contribution in [1.29, 1.82) is 0 Å². The number of carbonyl (C=O) groups is 1. The van der Waals surface area contributed by atoms with Crippen LogP contribution in [0.25, 0.3) is 11.3 Å². The van der Waals surface area contributed by atoms with Crippen LogP contribution in [-0.2, 0) is 11.2 Å². The molecule has 16 heavy (non-hydrogen) atoms. The molecule has 0 radical (unpaired) electrons. The molecule has 1 aromatic heterocycles. The minimum Gasteiger partial charge on any atom is -0.461 e. The molecule has 0 N–H and O–H groups in total. The van der Waals surface area contributed by atoms with E-state index in [9.17, 15) is 4.79 Å². The van der Waals surface area contributed by atoms with Crippen LogP contribution in [0.15, 0.2) is 40.8 Å². The Kier molecular flexibility index (Phi) is 3.11. The summed E-state index contributed by atoms with van der Waals surface area (Å²) < 4.78 is 5.56. The Hall–Kier alpha value is -1.54. The molecule has 0 saturated carbocycles. The van der Waals surface area contributed by atoms with Crippen molar-refractivity contribution < 1.29 is 9.21 Å². The van der Waals surface area contributed by atoms with Crippen LogP contribution in [0.1, 0.15) is 12.7 Å². The van der Waals surface area contributed by atoms with Gasteiger partial charge in [-0.25, -0.2) is 0 Å². The predicted octanol–water partition coefficient (Wildman–Crippen LogP) is 3.73. The van der Waals surface area contributed by atoms with Crippen LogP contribution >= 0.6 is 11.6 Å². The van der Waals surface area contributed by atoms with Crippen LogP contribution < -0.4 is 0 Å². The van der Waals surface area contributed by atoms with E-state index in [-0.39, 0.29) is 5.78 Å². The van der Waals surface area contributed by atoms with Crippen molar-refractivity contribution in [3.63, 3.8) is 0 Å². The van der Waals surface area contributed by atoms with E-state index in [0.29, 0.717) is 17.2 Å². The highest BCUT2D eigenvalue weighted by Gasteiger charge is 2.06. The van der Waals surface area contributed by atoms with E-state index >= 15 is 0 Å². The summed E-state index contributed by atoms with van der Waals surface area (Å²) in [5.41, 5.74) is 0.919. The fourth-order valence-corrected chi connectivity index (χ4v) is 1.71. The van der Waals surface area contributed by atoms with Crippen LogP contribution in [0.5, 0.6) is 0 Å². The van der Waals surface area contributed by atoms with E-state index in [4.69, 9.17) is 16.0 Å². The summed E-state index contributed by atoms with van der Waals surface area (Å²) in [6.07, 6.45) is 0.334. The largest absolute Gasteiger partial charge is 0.461 e. The van der Waals surface area contributed by atoms with Gasteiger partial charge in [-0.2, -0.15) is 0 Å². The molecule has 0 atom stereocenters. The minimum absolute atomic E-state index is 0.0898. The fourth-order valence-electron chi connectivity index (χ4n) is 1.52. The third kappa shape index (κ3) is 2.52. The zero-order valence-corrected chi connectivity index (χ0v) is 9.62. The number of rotatable bonds is 3. The van der Waals surface area contributed by atoms with Gasteiger partial charge >= 0.3 is 0 Å². The third-order valence-corrected chi connectivity index (χ3v) is 2.43. The zero-order chi connectivity index (χ0) is 11.5. The van der Waals surface area contributed by atoms with E-state index < -0.39 is 0 Å². The van der Waals surface area contributed by atoms with E-state index in [1.165, 1.54) is 0 Å². The molecule has 1 heterocycles. The highest BCUT2D eigenvalue weighted by atomic mass is 35.5. The Balaban J connectivity index is 2.28. The van der Waals surface area contributed by atoms with E-state index in [0.717, 1.165) is 11.3 Å². The zero-order valence-electron chi connectivity index (χ0n) is 8.87. The lowest BCUT2D eigenvalue weighted by atomic mass is 10.2. The summed E-state index contributed by atoms with van der Waals surface area (Å²) in [7, 11) is 0. The number of furan rings is 1. The maximum absolute atomic E-state index is 10.9. The van der Waals surface area contributed by atoms with Crippen molar-refractivity contribution in [3.05, 3.63) is 47.2 Å². The molecule has 0 aliphatic rings. The Morgan fingerprint density at radius 2 is 2.12 bits per heavy atom. The molecule has 82 valence electrons. The molecular weight excluding hydrogens is 224 g/mol. The quantitative estimate of drug-likeness (QED) is 0.810. The molecule has 0 saturated heterocycles. The van der Waals surface area contributed by atoms with Gasteiger partial charge in [-0.1, -0.05) is 23.7 Å². The Morgan fingerprint density at radius 3 is 2.81 bits per heavy atom. The lowest BCUT2D eigenvalue weighted by Crippen LogP contribution is -1.93. The van der Waals surface area contributed by atoms with Crippen LogP contribution in [-0.4, -0.2) is 5.78 Å². The summed E-state index contributed by atoms with van der Waals surface area (Å²) >= 11 is 5.89.